The highest BCUT2D eigenvalue weighted by Crippen LogP contribution is 2.25. The Morgan fingerprint density at radius 3 is 2.59 bits per heavy atom. The molecule has 32 heavy (non-hydrogen) atoms. The maximum Gasteiger partial charge on any atom is 0.323 e. The minimum Gasteiger partial charge on any atom is -0.485 e. The van der Waals surface area contributed by atoms with Gasteiger partial charge in [0, 0.05) is 18.0 Å². The molecule has 2 heterocycles. The fourth-order valence-electron chi connectivity index (χ4n) is 3.29. The minimum absolute atomic E-state index is 0.0956. The highest BCUT2D eigenvalue weighted by atomic mass is 16.5. The van der Waals surface area contributed by atoms with E-state index >= 15 is 0 Å². The van der Waals surface area contributed by atoms with Crippen molar-refractivity contribution in [1.82, 2.24) is 9.38 Å². The third kappa shape index (κ3) is 4.95. The molecular weight excluding hydrogens is 404 g/mol. The van der Waals surface area contributed by atoms with Crippen molar-refractivity contribution in [3.05, 3.63) is 100 Å². The van der Waals surface area contributed by atoms with E-state index in [-0.39, 0.29) is 18.2 Å². The van der Waals surface area contributed by atoms with Crippen LogP contribution in [0.4, 0.5) is 16.2 Å². The first-order chi connectivity index (χ1) is 15.5. The fraction of sp³-hybridized carbons (Fsp3) is 0.160. The van der Waals surface area contributed by atoms with Crippen molar-refractivity contribution in [3.8, 4) is 5.75 Å². The lowest BCUT2D eigenvalue weighted by atomic mass is 10.1. The Hall–Kier alpha value is -4.13. The quantitative estimate of drug-likeness (QED) is 0.463. The number of hydrogen-bond acceptors (Lipinski definition) is 4. The molecule has 0 saturated carbocycles. The molecule has 0 aliphatic carbocycles. The third-order valence-electron chi connectivity index (χ3n) is 4.99. The fourth-order valence-corrected chi connectivity index (χ4v) is 3.29. The zero-order valence-electron chi connectivity index (χ0n) is 18.0. The lowest BCUT2D eigenvalue weighted by Crippen LogP contribution is -2.20. The Morgan fingerprint density at radius 1 is 1.03 bits per heavy atom. The van der Waals surface area contributed by atoms with Crippen LogP contribution in [-0.4, -0.2) is 15.4 Å². The second-order valence-electron chi connectivity index (χ2n) is 7.43. The van der Waals surface area contributed by atoms with Gasteiger partial charge in [-0.15, -0.1) is 0 Å². The topological polar surface area (TPSA) is 84.7 Å². The standard InChI is InChI=1S/C25H24N4O3/c1-3-18-9-11-19(12-10-18)27-25(31)28-21-6-4-5-7-22(21)32-16-20-14-24(30)29-15-17(2)8-13-23(29)26-20/h4-15H,3,16H2,1-2H3,(H2,27,28,31). The van der Waals surface area contributed by atoms with Gasteiger partial charge in [0.15, 0.2) is 0 Å². The van der Waals surface area contributed by atoms with E-state index in [9.17, 15) is 9.59 Å². The summed E-state index contributed by atoms with van der Waals surface area (Å²) in [6, 6.07) is 19.6. The summed E-state index contributed by atoms with van der Waals surface area (Å²) in [5, 5.41) is 5.62. The number of benzene rings is 2. The summed E-state index contributed by atoms with van der Waals surface area (Å²) in [6.45, 7) is 4.10. The number of fused-ring (bicyclic) bond motifs is 1. The van der Waals surface area contributed by atoms with Crippen molar-refractivity contribution in [3.63, 3.8) is 0 Å². The molecule has 7 nitrogen and oxygen atoms in total. The molecule has 0 spiro atoms. The van der Waals surface area contributed by atoms with Gasteiger partial charge < -0.3 is 15.4 Å². The van der Waals surface area contributed by atoms with Crippen molar-refractivity contribution in [2.75, 3.05) is 10.6 Å². The number of nitrogens with zero attached hydrogens (tertiary/aromatic N) is 2. The number of anilines is 2. The first-order valence-electron chi connectivity index (χ1n) is 10.4. The van der Waals surface area contributed by atoms with Crippen LogP contribution in [0.15, 0.2) is 77.7 Å². The summed E-state index contributed by atoms with van der Waals surface area (Å²) in [4.78, 5) is 29.3. The molecule has 0 bridgehead atoms. The lowest BCUT2D eigenvalue weighted by molar-refractivity contribution is 0.261. The molecule has 0 radical (unpaired) electrons. The van der Waals surface area contributed by atoms with E-state index in [0.717, 1.165) is 12.0 Å². The summed E-state index contributed by atoms with van der Waals surface area (Å²) in [5.41, 5.74) is 4.29. The Labute approximate surface area is 185 Å². The van der Waals surface area contributed by atoms with Crippen LogP contribution < -0.4 is 20.9 Å². The molecule has 162 valence electrons. The van der Waals surface area contributed by atoms with E-state index < -0.39 is 0 Å². The molecule has 0 atom stereocenters. The Kier molecular flexibility index (Phi) is 6.17. The second kappa shape index (κ2) is 9.34. The van der Waals surface area contributed by atoms with Crippen molar-refractivity contribution in [1.29, 1.82) is 0 Å². The van der Waals surface area contributed by atoms with Crippen molar-refractivity contribution in [2.24, 2.45) is 0 Å². The molecule has 4 aromatic rings. The first-order valence-corrected chi connectivity index (χ1v) is 10.4. The van der Waals surface area contributed by atoms with Gasteiger partial charge in [-0.25, -0.2) is 9.78 Å². The minimum atomic E-state index is -0.372. The molecule has 0 saturated heterocycles. The predicted octanol–water partition coefficient (Wildman–Crippen LogP) is 4.79. The maximum absolute atomic E-state index is 12.4. The van der Waals surface area contributed by atoms with E-state index in [1.165, 1.54) is 16.0 Å². The molecular formula is C25H24N4O3. The Bertz CT molecular complexity index is 1310. The number of nitrogens with one attached hydrogen (secondary N) is 2. The van der Waals surface area contributed by atoms with Crippen LogP contribution in [0.25, 0.3) is 5.65 Å². The molecule has 0 aliphatic rings. The summed E-state index contributed by atoms with van der Waals surface area (Å²) >= 11 is 0. The highest BCUT2D eigenvalue weighted by Gasteiger charge is 2.10. The second-order valence-corrected chi connectivity index (χ2v) is 7.43. The number of para-hydroxylation sites is 2. The Balaban J connectivity index is 1.45. The smallest absolute Gasteiger partial charge is 0.323 e. The van der Waals surface area contributed by atoms with E-state index in [1.54, 1.807) is 24.4 Å². The molecule has 0 fully saturated rings. The number of carbonyl (C=O) groups excluding carboxylic acids is 1. The number of hydrogen-bond donors (Lipinski definition) is 2. The molecule has 2 N–H and O–H groups in total. The third-order valence-corrected chi connectivity index (χ3v) is 4.99. The van der Waals surface area contributed by atoms with Crippen LogP contribution in [0.5, 0.6) is 5.75 Å². The maximum atomic E-state index is 12.4. The van der Waals surface area contributed by atoms with Gasteiger partial charge in [-0.3, -0.25) is 9.20 Å². The average Bonchev–Trinajstić information content (AvgIpc) is 2.79. The molecule has 2 aromatic heterocycles. The van der Waals surface area contributed by atoms with Gasteiger partial charge in [0.05, 0.1) is 11.4 Å². The number of aryl methyl sites for hydroxylation is 2. The van der Waals surface area contributed by atoms with Crippen molar-refractivity contribution >= 4 is 23.1 Å². The number of rotatable bonds is 6. The normalized spacial score (nSPS) is 10.7. The number of amides is 2. The van der Waals surface area contributed by atoms with Crippen LogP contribution in [0.1, 0.15) is 23.7 Å². The van der Waals surface area contributed by atoms with E-state index in [1.807, 2.05) is 49.4 Å². The van der Waals surface area contributed by atoms with Crippen LogP contribution in [-0.2, 0) is 13.0 Å². The zero-order valence-corrected chi connectivity index (χ0v) is 18.0. The van der Waals surface area contributed by atoms with Crippen molar-refractivity contribution in [2.45, 2.75) is 26.9 Å². The van der Waals surface area contributed by atoms with Crippen molar-refractivity contribution < 1.29 is 9.53 Å². The summed E-state index contributed by atoms with van der Waals surface area (Å²) in [5.74, 6) is 0.481. The summed E-state index contributed by atoms with van der Waals surface area (Å²) < 4.78 is 7.38. The van der Waals surface area contributed by atoms with Gasteiger partial charge >= 0.3 is 6.03 Å². The SMILES string of the molecule is CCc1ccc(NC(=O)Nc2ccccc2OCc2cc(=O)n3cc(C)ccc3n2)cc1. The monoisotopic (exact) mass is 428 g/mol. The van der Waals surface area contributed by atoms with Crippen LogP contribution >= 0.6 is 0 Å². The van der Waals surface area contributed by atoms with Gasteiger partial charge in [0.25, 0.3) is 5.56 Å². The molecule has 7 heteroatoms. The summed E-state index contributed by atoms with van der Waals surface area (Å²) in [7, 11) is 0. The lowest BCUT2D eigenvalue weighted by Gasteiger charge is -2.13. The van der Waals surface area contributed by atoms with Gasteiger partial charge in [0.1, 0.15) is 18.0 Å². The molecule has 2 aromatic carbocycles. The Morgan fingerprint density at radius 2 is 1.81 bits per heavy atom. The highest BCUT2D eigenvalue weighted by molar-refractivity contribution is 6.00. The molecule has 4 rings (SSSR count). The predicted molar refractivity (Wildman–Crippen MR) is 125 cm³/mol. The number of aromatic nitrogens is 2. The molecule has 2 amide bonds. The van der Waals surface area contributed by atoms with Gasteiger partial charge in [-0.05, 0) is 54.8 Å². The number of carbonyl (C=O) groups is 1. The van der Waals surface area contributed by atoms with Gasteiger partial charge in [0.2, 0.25) is 0 Å². The average molecular weight is 428 g/mol. The largest absolute Gasteiger partial charge is 0.485 e. The van der Waals surface area contributed by atoms with E-state index in [2.05, 4.69) is 22.5 Å². The zero-order chi connectivity index (χ0) is 22.5. The summed E-state index contributed by atoms with van der Waals surface area (Å²) in [6.07, 6.45) is 2.69. The van der Waals surface area contributed by atoms with Crippen LogP contribution in [0.3, 0.4) is 0 Å². The molecule has 0 aliphatic heterocycles. The number of ether oxygens (including phenoxy) is 1. The van der Waals surface area contributed by atoms with E-state index in [4.69, 9.17) is 4.74 Å². The number of urea groups is 1. The van der Waals surface area contributed by atoms with Gasteiger partial charge in [-0.2, -0.15) is 0 Å². The van der Waals surface area contributed by atoms with Gasteiger partial charge in [-0.1, -0.05) is 37.3 Å². The molecule has 0 unspecified atom stereocenters. The van der Waals surface area contributed by atoms with E-state index in [0.29, 0.717) is 28.5 Å². The number of pyridine rings is 1. The first kappa shape index (κ1) is 21.1. The van der Waals surface area contributed by atoms with Crippen LogP contribution in [0, 0.1) is 6.92 Å². The van der Waals surface area contributed by atoms with Crippen LogP contribution in [0.2, 0.25) is 0 Å².